The van der Waals surface area contributed by atoms with E-state index < -0.39 is 21.9 Å². The molecule has 27 heavy (non-hydrogen) atoms. The van der Waals surface area contributed by atoms with E-state index in [4.69, 9.17) is 5.26 Å². The number of pyridine rings is 1. The van der Waals surface area contributed by atoms with Crippen molar-refractivity contribution in [3.8, 4) is 6.07 Å². The van der Waals surface area contributed by atoms with Crippen LogP contribution in [0, 0.1) is 35.5 Å². The summed E-state index contributed by atoms with van der Waals surface area (Å²) in [6.45, 7) is 4.52. The summed E-state index contributed by atoms with van der Waals surface area (Å²) in [6, 6.07) is 3.97. The van der Waals surface area contributed by atoms with Gasteiger partial charge in [-0.25, -0.2) is 13.4 Å². The molecule has 3 aliphatic rings. The van der Waals surface area contributed by atoms with Gasteiger partial charge in [0, 0.05) is 38.1 Å². The number of hydrogen-bond acceptors (Lipinski definition) is 5. The SMILES string of the molecule is Cc1nc(C(F)(F)F)ccc1S(=O)(=O)N1CC2(CN(CC3CC3C#N)C2)C1. The monoisotopic (exact) mass is 400 g/mol. The highest BCUT2D eigenvalue weighted by Crippen LogP contribution is 2.46. The molecule has 0 radical (unpaired) electrons. The minimum Gasteiger partial charge on any atom is -0.302 e. The lowest BCUT2D eigenvalue weighted by Gasteiger charge is -2.59. The number of halogens is 3. The molecule has 1 saturated carbocycles. The van der Waals surface area contributed by atoms with Crippen molar-refractivity contribution in [2.24, 2.45) is 17.3 Å². The molecule has 0 N–H and O–H groups in total. The van der Waals surface area contributed by atoms with E-state index >= 15 is 0 Å². The van der Waals surface area contributed by atoms with E-state index in [1.807, 2.05) is 0 Å². The molecule has 4 rings (SSSR count). The molecule has 0 bridgehead atoms. The fourth-order valence-electron chi connectivity index (χ4n) is 4.16. The summed E-state index contributed by atoms with van der Waals surface area (Å²) in [6.07, 6.45) is -3.66. The zero-order chi connectivity index (χ0) is 19.6. The Hall–Kier alpha value is -1.70. The third kappa shape index (κ3) is 3.22. The van der Waals surface area contributed by atoms with Gasteiger partial charge < -0.3 is 4.90 Å². The first kappa shape index (κ1) is 18.7. The molecule has 1 spiro atoms. The van der Waals surface area contributed by atoms with E-state index in [9.17, 15) is 21.6 Å². The second-order valence-corrected chi connectivity index (χ2v) is 9.86. The molecule has 3 fully saturated rings. The number of alkyl halides is 3. The fraction of sp³-hybridized carbons (Fsp3) is 0.647. The molecule has 2 unspecified atom stereocenters. The Morgan fingerprint density at radius 1 is 1.30 bits per heavy atom. The van der Waals surface area contributed by atoms with Gasteiger partial charge in [0.2, 0.25) is 10.0 Å². The summed E-state index contributed by atoms with van der Waals surface area (Å²) in [5, 5.41) is 8.85. The number of nitrogens with zero attached hydrogens (tertiary/aromatic N) is 4. The maximum atomic E-state index is 12.7. The third-order valence-corrected chi connectivity index (χ3v) is 7.59. The molecule has 2 atom stereocenters. The summed E-state index contributed by atoms with van der Waals surface area (Å²) < 4.78 is 64.9. The van der Waals surface area contributed by atoms with Crippen LogP contribution in [0.4, 0.5) is 13.2 Å². The van der Waals surface area contributed by atoms with Crippen molar-refractivity contribution >= 4 is 10.0 Å². The molecular weight excluding hydrogens is 381 g/mol. The Balaban J connectivity index is 1.37. The largest absolute Gasteiger partial charge is 0.433 e. The molecule has 10 heteroatoms. The van der Waals surface area contributed by atoms with Gasteiger partial charge in [0.15, 0.2) is 0 Å². The van der Waals surface area contributed by atoms with Gasteiger partial charge in [-0.3, -0.25) is 0 Å². The number of aryl methyl sites for hydroxylation is 1. The van der Waals surface area contributed by atoms with Gasteiger partial charge in [0.25, 0.3) is 0 Å². The second-order valence-electron chi connectivity index (χ2n) is 7.95. The highest BCUT2D eigenvalue weighted by Gasteiger charge is 2.56. The molecule has 0 amide bonds. The number of sulfonamides is 1. The molecule has 1 aromatic heterocycles. The van der Waals surface area contributed by atoms with Crippen LogP contribution < -0.4 is 0 Å². The Kier molecular flexibility index (Phi) is 4.07. The smallest absolute Gasteiger partial charge is 0.302 e. The lowest BCUT2D eigenvalue weighted by atomic mass is 9.74. The highest BCUT2D eigenvalue weighted by atomic mass is 32.2. The van der Waals surface area contributed by atoms with Crippen LogP contribution in [0.5, 0.6) is 0 Å². The Bertz CT molecular complexity index is 911. The van der Waals surface area contributed by atoms with Crippen LogP contribution >= 0.6 is 0 Å². The Morgan fingerprint density at radius 2 is 1.96 bits per heavy atom. The molecule has 1 aromatic rings. The van der Waals surface area contributed by atoms with Gasteiger partial charge in [0.05, 0.1) is 17.7 Å². The summed E-state index contributed by atoms with van der Waals surface area (Å²) >= 11 is 0. The number of hydrogen-bond donors (Lipinski definition) is 0. The van der Waals surface area contributed by atoms with Crippen molar-refractivity contribution in [3.63, 3.8) is 0 Å². The lowest BCUT2D eigenvalue weighted by molar-refractivity contribution is -0.141. The van der Waals surface area contributed by atoms with Gasteiger partial charge in [-0.1, -0.05) is 0 Å². The standard InChI is InChI=1S/C17H19F3N4O2S/c1-11-14(2-3-15(22-11)17(18,19)20)27(25,26)24-9-16(10-24)7-23(8-16)6-13-4-12(13)5-21/h2-3,12-13H,4,6-10H2,1H3. The van der Waals surface area contributed by atoms with Crippen molar-refractivity contribution in [3.05, 3.63) is 23.5 Å². The van der Waals surface area contributed by atoms with Gasteiger partial charge >= 0.3 is 6.18 Å². The molecule has 2 aliphatic heterocycles. The molecule has 146 valence electrons. The summed E-state index contributed by atoms with van der Waals surface area (Å²) in [4.78, 5) is 5.50. The van der Waals surface area contributed by atoms with Gasteiger partial charge in [-0.05, 0) is 31.4 Å². The van der Waals surface area contributed by atoms with Gasteiger partial charge in [-0.15, -0.1) is 0 Å². The molecule has 2 saturated heterocycles. The minimum absolute atomic E-state index is 0.0582. The molecule has 6 nitrogen and oxygen atoms in total. The van der Waals surface area contributed by atoms with Crippen LogP contribution in [0.1, 0.15) is 17.8 Å². The Labute approximate surface area is 155 Å². The van der Waals surface area contributed by atoms with Crippen LogP contribution in [0.2, 0.25) is 0 Å². The second kappa shape index (κ2) is 5.90. The fourth-order valence-corrected chi connectivity index (χ4v) is 5.99. The minimum atomic E-state index is -4.60. The van der Waals surface area contributed by atoms with Gasteiger partial charge in [0.1, 0.15) is 10.6 Å². The van der Waals surface area contributed by atoms with E-state index in [0.29, 0.717) is 25.1 Å². The number of aromatic nitrogens is 1. The first-order valence-corrected chi connectivity index (χ1v) is 10.2. The number of likely N-dealkylation sites (tertiary alicyclic amines) is 1. The lowest BCUT2D eigenvalue weighted by Crippen LogP contribution is -2.72. The third-order valence-electron chi connectivity index (χ3n) is 5.67. The number of rotatable bonds is 4. The summed E-state index contributed by atoms with van der Waals surface area (Å²) in [5.41, 5.74) is -1.29. The van der Waals surface area contributed by atoms with Crippen molar-refractivity contribution < 1.29 is 21.6 Å². The molecule has 3 heterocycles. The number of nitriles is 1. The Morgan fingerprint density at radius 3 is 2.48 bits per heavy atom. The van der Waals surface area contributed by atoms with Crippen molar-refractivity contribution in [2.75, 3.05) is 32.7 Å². The van der Waals surface area contributed by atoms with Crippen LogP contribution in [-0.4, -0.2) is 55.3 Å². The zero-order valence-corrected chi connectivity index (χ0v) is 15.5. The maximum absolute atomic E-state index is 12.7. The van der Waals surface area contributed by atoms with E-state index in [1.165, 1.54) is 11.2 Å². The van der Waals surface area contributed by atoms with E-state index in [0.717, 1.165) is 32.1 Å². The van der Waals surface area contributed by atoms with Gasteiger partial charge in [-0.2, -0.15) is 22.7 Å². The van der Waals surface area contributed by atoms with Crippen molar-refractivity contribution in [1.29, 1.82) is 5.26 Å². The van der Waals surface area contributed by atoms with Crippen LogP contribution in [0.15, 0.2) is 17.0 Å². The average Bonchev–Trinajstić information content (AvgIpc) is 3.25. The van der Waals surface area contributed by atoms with Crippen LogP contribution in [-0.2, 0) is 16.2 Å². The quantitative estimate of drug-likeness (QED) is 0.771. The van der Waals surface area contributed by atoms with Crippen molar-refractivity contribution in [2.45, 2.75) is 24.4 Å². The van der Waals surface area contributed by atoms with E-state index in [1.54, 1.807) is 0 Å². The average molecular weight is 400 g/mol. The van der Waals surface area contributed by atoms with Crippen LogP contribution in [0.3, 0.4) is 0 Å². The topological polar surface area (TPSA) is 77.3 Å². The zero-order valence-electron chi connectivity index (χ0n) is 14.7. The first-order valence-electron chi connectivity index (χ1n) is 8.71. The highest BCUT2D eigenvalue weighted by molar-refractivity contribution is 7.89. The maximum Gasteiger partial charge on any atom is 0.433 e. The molecule has 1 aliphatic carbocycles. The van der Waals surface area contributed by atoms with Crippen LogP contribution in [0.25, 0.3) is 0 Å². The van der Waals surface area contributed by atoms with Crippen molar-refractivity contribution in [1.82, 2.24) is 14.2 Å². The summed E-state index contributed by atoms with van der Waals surface area (Å²) in [5.74, 6) is 0.600. The summed E-state index contributed by atoms with van der Waals surface area (Å²) in [7, 11) is -3.84. The normalized spacial score (nSPS) is 27.7. The molecule has 0 aromatic carbocycles. The molecular formula is C17H19F3N4O2S. The predicted molar refractivity (Wildman–Crippen MR) is 88.8 cm³/mol. The van der Waals surface area contributed by atoms with E-state index in [-0.39, 0.29) is 21.9 Å². The first-order chi connectivity index (χ1) is 12.5. The van der Waals surface area contributed by atoms with E-state index in [2.05, 4.69) is 16.0 Å². The predicted octanol–water partition coefficient (Wildman–Crippen LogP) is 1.87.